The fraction of sp³-hybridized carbons (Fsp3) is 0.667. The zero-order valence-electron chi connectivity index (χ0n) is 9.14. The molecule has 0 fully saturated rings. The van der Waals surface area contributed by atoms with E-state index in [-0.39, 0.29) is 0 Å². The summed E-state index contributed by atoms with van der Waals surface area (Å²) in [4.78, 5) is 0. The molecule has 2 aliphatic rings. The SMILES string of the molecule is CNCCC1C2=C(C=CC1C)CCN2. The zero-order valence-corrected chi connectivity index (χ0v) is 9.14. The van der Waals surface area contributed by atoms with E-state index < -0.39 is 0 Å². The van der Waals surface area contributed by atoms with Gasteiger partial charge in [0.1, 0.15) is 0 Å². The fourth-order valence-electron chi connectivity index (χ4n) is 2.49. The lowest BCUT2D eigenvalue weighted by atomic mass is 9.82. The van der Waals surface area contributed by atoms with Crippen LogP contribution in [0.25, 0.3) is 0 Å². The van der Waals surface area contributed by atoms with Crippen molar-refractivity contribution in [2.75, 3.05) is 20.1 Å². The molecule has 0 radical (unpaired) electrons. The van der Waals surface area contributed by atoms with Gasteiger partial charge in [-0.1, -0.05) is 19.1 Å². The minimum Gasteiger partial charge on any atom is -0.388 e. The number of nitrogens with one attached hydrogen (secondary N) is 2. The number of allylic oxidation sites excluding steroid dienone is 3. The van der Waals surface area contributed by atoms with Gasteiger partial charge < -0.3 is 10.6 Å². The molecule has 2 N–H and O–H groups in total. The van der Waals surface area contributed by atoms with Crippen LogP contribution in [0, 0.1) is 11.8 Å². The molecule has 1 aliphatic heterocycles. The predicted molar refractivity (Wildman–Crippen MR) is 60.0 cm³/mol. The van der Waals surface area contributed by atoms with Crippen LogP contribution in [-0.2, 0) is 0 Å². The fourth-order valence-corrected chi connectivity index (χ4v) is 2.49. The van der Waals surface area contributed by atoms with E-state index in [9.17, 15) is 0 Å². The van der Waals surface area contributed by atoms with E-state index in [1.54, 1.807) is 5.57 Å². The van der Waals surface area contributed by atoms with Crippen molar-refractivity contribution in [2.24, 2.45) is 11.8 Å². The van der Waals surface area contributed by atoms with E-state index >= 15 is 0 Å². The number of rotatable bonds is 3. The van der Waals surface area contributed by atoms with Crippen LogP contribution in [0.15, 0.2) is 23.4 Å². The van der Waals surface area contributed by atoms with Crippen molar-refractivity contribution in [1.82, 2.24) is 10.6 Å². The minimum absolute atomic E-state index is 0.688. The molecular formula is C12H20N2. The van der Waals surface area contributed by atoms with E-state index in [2.05, 4.69) is 29.7 Å². The molecular weight excluding hydrogens is 172 g/mol. The molecule has 1 aliphatic carbocycles. The number of hydrogen-bond donors (Lipinski definition) is 2. The van der Waals surface area contributed by atoms with Gasteiger partial charge in [0, 0.05) is 18.2 Å². The summed E-state index contributed by atoms with van der Waals surface area (Å²) < 4.78 is 0. The van der Waals surface area contributed by atoms with Gasteiger partial charge in [-0.15, -0.1) is 0 Å². The lowest BCUT2D eigenvalue weighted by molar-refractivity contribution is 0.422. The van der Waals surface area contributed by atoms with E-state index in [1.807, 2.05) is 7.05 Å². The molecule has 2 atom stereocenters. The Morgan fingerprint density at radius 2 is 2.43 bits per heavy atom. The van der Waals surface area contributed by atoms with Crippen molar-refractivity contribution in [3.05, 3.63) is 23.4 Å². The molecule has 2 unspecified atom stereocenters. The normalized spacial score (nSPS) is 30.4. The highest BCUT2D eigenvalue weighted by Crippen LogP contribution is 2.34. The first-order chi connectivity index (χ1) is 6.83. The van der Waals surface area contributed by atoms with Crippen LogP contribution in [-0.4, -0.2) is 20.1 Å². The Morgan fingerprint density at radius 3 is 3.21 bits per heavy atom. The quantitative estimate of drug-likeness (QED) is 0.710. The maximum atomic E-state index is 3.55. The topological polar surface area (TPSA) is 24.1 Å². The van der Waals surface area contributed by atoms with Gasteiger partial charge in [-0.2, -0.15) is 0 Å². The molecule has 78 valence electrons. The summed E-state index contributed by atoms with van der Waals surface area (Å²) in [5.41, 5.74) is 3.07. The second-order valence-electron chi connectivity index (χ2n) is 4.33. The first-order valence-corrected chi connectivity index (χ1v) is 5.62. The first kappa shape index (κ1) is 9.78. The maximum absolute atomic E-state index is 3.55. The molecule has 14 heavy (non-hydrogen) atoms. The molecule has 0 amide bonds. The molecule has 0 aromatic carbocycles. The lowest BCUT2D eigenvalue weighted by Gasteiger charge is -2.27. The molecule has 2 rings (SSSR count). The second-order valence-corrected chi connectivity index (χ2v) is 4.33. The Balaban J connectivity index is 2.09. The summed E-state index contributed by atoms with van der Waals surface area (Å²) in [7, 11) is 2.03. The minimum atomic E-state index is 0.688. The molecule has 0 saturated heterocycles. The van der Waals surface area contributed by atoms with Gasteiger partial charge in [-0.25, -0.2) is 0 Å². The van der Waals surface area contributed by atoms with Crippen molar-refractivity contribution in [3.8, 4) is 0 Å². The Kier molecular flexibility index (Phi) is 2.92. The Hall–Kier alpha value is -0.760. The van der Waals surface area contributed by atoms with Crippen LogP contribution in [0.3, 0.4) is 0 Å². The first-order valence-electron chi connectivity index (χ1n) is 5.62. The van der Waals surface area contributed by atoms with E-state index in [4.69, 9.17) is 0 Å². The van der Waals surface area contributed by atoms with Crippen LogP contribution in [0.2, 0.25) is 0 Å². The molecule has 1 heterocycles. The van der Waals surface area contributed by atoms with Crippen LogP contribution >= 0.6 is 0 Å². The summed E-state index contributed by atoms with van der Waals surface area (Å²) >= 11 is 0. The smallest absolute Gasteiger partial charge is 0.0185 e. The Labute approximate surface area is 86.5 Å². The van der Waals surface area contributed by atoms with Gasteiger partial charge in [-0.3, -0.25) is 0 Å². The molecule has 0 aromatic heterocycles. The van der Waals surface area contributed by atoms with Gasteiger partial charge in [0.2, 0.25) is 0 Å². The third-order valence-electron chi connectivity index (χ3n) is 3.37. The van der Waals surface area contributed by atoms with Crippen LogP contribution in [0.4, 0.5) is 0 Å². The van der Waals surface area contributed by atoms with Gasteiger partial charge in [0.25, 0.3) is 0 Å². The standard InChI is InChI=1S/C12H20N2/c1-9-3-4-10-5-8-14-12(10)11(9)6-7-13-2/h3-4,9,11,13-14H,5-8H2,1-2H3. The Bertz CT molecular complexity index is 265. The van der Waals surface area contributed by atoms with E-state index in [0.717, 1.165) is 13.1 Å². The summed E-state index contributed by atoms with van der Waals surface area (Å²) in [5, 5.41) is 6.79. The van der Waals surface area contributed by atoms with Crippen LogP contribution < -0.4 is 10.6 Å². The van der Waals surface area contributed by atoms with Gasteiger partial charge in [0.15, 0.2) is 0 Å². The van der Waals surface area contributed by atoms with Gasteiger partial charge in [-0.05, 0) is 37.9 Å². The highest BCUT2D eigenvalue weighted by Gasteiger charge is 2.27. The number of hydrogen-bond acceptors (Lipinski definition) is 2. The zero-order chi connectivity index (χ0) is 9.97. The summed E-state index contributed by atoms with van der Waals surface area (Å²) in [6.45, 7) is 4.57. The highest BCUT2D eigenvalue weighted by molar-refractivity contribution is 5.35. The third-order valence-corrected chi connectivity index (χ3v) is 3.37. The lowest BCUT2D eigenvalue weighted by Crippen LogP contribution is -2.26. The highest BCUT2D eigenvalue weighted by atomic mass is 14.9. The van der Waals surface area contributed by atoms with Gasteiger partial charge >= 0.3 is 0 Å². The maximum Gasteiger partial charge on any atom is 0.0185 e. The molecule has 0 spiro atoms. The van der Waals surface area contributed by atoms with E-state index in [0.29, 0.717) is 11.8 Å². The molecule has 0 bridgehead atoms. The third kappa shape index (κ3) is 1.71. The summed E-state index contributed by atoms with van der Waals surface area (Å²) in [6, 6.07) is 0. The molecule has 0 aromatic rings. The Morgan fingerprint density at radius 1 is 1.57 bits per heavy atom. The van der Waals surface area contributed by atoms with Crippen molar-refractivity contribution < 1.29 is 0 Å². The van der Waals surface area contributed by atoms with E-state index in [1.165, 1.54) is 18.5 Å². The van der Waals surface area contributed by atoms with Crippen molar-refractivity contribution in [1.29, 1.82) is 0 Å². The van der Waals surface area contributed by atoms with Crippen molar-refractivity contribution >= 4 is 0 Å². The second kappa shape index (κ2) is 4.18. The summed E-state index contributed by atoms with van der Waals surface area (Å²) in [6.07, 6.45) is 7.14. The van der Waals surface area contributed by atoms with Crippen LogP contribution in [0.5, 0.6) is 0 Å². The predicted octanol–water partition coefficient (Wildman–Crippen LogP) is 1.67. The molecule has 0 saturated carbocycles. The molecule has 2 heteroatoms. The van der Waals surface area contributed by atoms with Crippen molar-refractivity contribution in [2.45, 2.75) is 19.8 Å². The van der Waals surface area contributed by atoms with Crippen LogP contribution in [0.1, 0.15) is 19.8 Å². The average Bonchev–Trinajstić information content (AvgIpc) is 2.64. The largest absolute Gasteiger partial charge is 0.388 e. The van der Waals surface area contributed by atoms with Gasteiger partial charge in [0.05, 0.1) is 0 Å². The average molecular weight is 192 g/mol. The monoisotopic (exact) mass is 192 g/mol. The molecule has 2 nitrogen and oxygen atoms in total. The summed E-state index contributed by atoms with van der Waals surface area (Å²) in [5.74, 6) is 1.40. The van der Waals surface area contributed by atoms with Crippen molar-refractivity contribution in [3.63, 3.8) is 0 Å².